The molecule has 25 heavy (non-hydrogen) atoms. The molecule has 1 fully saturated rings. The first kappa shape index (κ1) is 17.5. The van der Waals surface area contributed by atoms with Crippen LogP contribution in [0.25, 0.3) is 0 Å². The third-order valence-electron chi connectivity index (χ3n) is 4.70. The Balaban J connectivity index is 1.67. The minimum absolute atomic E-state index is 0.0159. The fraction of sp³-hybridized carbons (Fsp3) is 0.500. The first-order valence-electron chi connectivity index (χ1n) is 8.59. The Bertz CT molecular complexity index is 727. The molecule has 1 aromatic carbocycles. The van der Waals surface area contributed by atoms with Crippen molar-refractivity contribution in [3.05, 3.63) is 47.3 Å². The molecule has 0 spiro atoms. The summed E-state index contributed by atoms with van der Waals surface area (Å²) in [6.45, 7) is 5.93. The van der Waals surface area contributed by atoms with Gasteiger partial charge in [-0.1, -0.05) is 43.3 Å². The number of aromatic nitrogens is 3. The number of benzene rings is 1. The number of amides is 1. The normalized spacial score (nSPS) is 21.1. The number of nitrogens with two attached hydrogens (primary N) is 1. The molecule has 2 heterocycles. The molecule has 1 aliphatic heterocycles. The number of nitrogens with zero attached hydrogens (tertiary/aromatic N) is 4. The van der Waals surface area contributed by atoms with Crippen molar-refractivity contribution in [2.75, 3.05) is 6.54 Å². The van der Waals surface area contributed by atoms with Crippen molar-refractivity contribution in [1.82, 2.24) is 19.9 Å². The number of alkyl halides is 1. The van der Waals surface area contributed by atoms with E-state index in [-0.39, 0.29) is 11.7 Å². The monoisotopic (exact) mass is 345 g/mol. The quantitative estimate of drug-likeness (QED) is 0.870. The van der Waals surface area contributed by atoms with Crippen molar-refractivity contribution in [1.29, 1.82) is 0 Å². The Hall–Kier alpha value is -2.28. The summed E-state index contributed by atoms with van der Waals surface area (Å²) >= 11 is 0. The molecule has 6 nitrogen and oxygen atoms in total. The van der Waals surface area contributed by atoms with Gasteiger partial charge in [-0.25, -0.2) is 4.39 Å². The van der Waals surface area contributed by atoms with Gasteiger partial charge in [0.15, 0.2) is 5.69 Å². The van der Waals surface area contributed by atoms with E-state index >= 15 is 0 Å². The van der Waals surface area contributed by atoms with Gasteiger partial charge in [-0.15, -0.1) is 5.10 Å². The van der Waals surface area contributed by atoms with Crippen LogP contribution in [0.1, 0.15) is 47.8 Å². The summed E-state index contributed by atoms with van der Waals surface area (Å²) in [5.41, 5.74) is 7.79. The van der Waals surface area contributed by atoms with Gasteiger partial charge in [0.1, 0.15) is 6.17 Å². The van der Waals surface area contributed by atoms with Crippen molar-refractivity contribution in [3.8, 4) is 0 Å². The van der Waals surface area contributed by atoms with Crippen LogP contribution in [0.15, 0.2) is 30.5 Å². The zero-order valence-electron chi connectivity index (χ0n) is 14.6. The summed E-state index contributed by atoms with van der Waals surface area (Å²) in [6, 6.07) is 8.50. The topological polar surface area (TPSA) is 77.0 Å². The highest BCUT2D eigenvalue weighted by atomic mass is 19.1. The van der Waals surface area contributed by atoms with E-state index in [0.717, 1.165) is 0 Å². The highest BCUT2D eigenvalue weighted by Crippen LogP contribution is 2.24. The number of carbonyl (C=O) groups excluding carboxylic acids is 1. The Labute approximate surface area is 146 Å². The summed E-state index contributed by atoms with van der Waals surface area (Å²) in [5.74, 6) is -0.112. The van der Waals surface area contributed by atoms with Crippen molar-refractivity contribution in [3.63, 3.8) is 0 Å². The van der Waals surface area contributed by atoms with Gasteiger partial charge in [-0.3, -0.25) is 14.4 Å². The molecule has 1 amide bonds. The first-order valence-corrected chi connectivity index (χ1v) is 8.59. The maximum absolute atomic E-state index is 14.0. The summed E-state index contributed by atoms with van der Waals surface area (Å²) < 4.78 is 15.5. The molecule has 2 atom stereocenters. The lowest BCUT2D eigenvalue weighted by molar-refractivity contribution is 0.0995. The lowest BCUT2D eigenvalue weighted by Gasteiger charge is -2.24. The van der Waals surface area contributed by atoms with Gasteiger partial charge in [0.2, 0.25) is 0 Å². The fourth-order valence-corrected chi connectivity index (χ4v) is 3.26. The van der Waals surface area contributed by atoms with E-state index in [0.29, 0.717) is 32.0 Å². The van der Waals surface area contributed by atoms with Crippen molar-refractivity contribution in [2.24, 2.45) is 5.73 Å². The SMILES string of the molecule is CC(C)c1ccc(CN2C[C@@H](F)C[C@H]2Cn2cc(C(N)=O)nn2)cc1. The maximum Gasteiger partial charge on any atom is 0.270 e. The predicted octanol–water partition coefficient (Wildman–Crippen LogP) is 2.11. The van der Waals surface area contributed by atoms with Crippen LogP contribution in [0.3, 0.4) is 0 Å². The largest absolute Gasteiger partial charge is 0.364 e. The standard InChI is InChI=1S/C18H24FN5O/c1-12(2)14-5-3-13(4-6-14)8-23-9-15(19)7-16(23)10-24-11-17(18(20)25)21-22-24/h3-6,11-12,15-16H,7-10H2,1-2H3,(H2,20,25)/t15-,16-/m0/s1. The number of primary amides is 1. The molecule has 0 radical (unpaired) electrons. The Morgan fingerprint density at radius 3 is 2.68 bits per heavy atom. The second-order valence-corrected chi connectivity index (χ2v) is 7.00. The van der Waals surface area contributed by atoms with E-state index in [9.17, 15) is 9.18 Å². The van der Waals surface area contributed by atoms with Gasteiger partial charge >= 0.3 is 0 Å². The molecule has 2 aromatic rings. The van der Waals surface area contributed by atoms with E-state index in [1.807, 2.05) is 0 Å². The first-order chi connectivity index (χ1) is 11.9. The third-order valence-corrected chi connectivity index (χ3v) is 4.70. The molecular formula is C18H24FN5O. The smallest absolute Gasteiger partial charge is 0.270 e. The second kappa shape index (κ2) is 7.31. The summed E-state index contributed by atoms with van der Waals surface area (Å²) in [5, 5.41) is 7.65. The van der Waals surface area contributed by atoms with Crippen LogP contribution in [-0.4, -0.2) is 44.6 Å². The van der Waals surface area contributed by atoms with Crippen molar-refractivity contribution in [2.45, 2.75) is 51.5 Å². The average Bonchev–Trinajstić information content (AvgIpc) is 3.15. The van der Waals surface area contributed by atoms with Gasteiger partial charge < -0.3 is 5.73 Å². The van der Waals surface area contributed by atoms with Crippen LogP contribution in [0.2, 0.25) is 0 Å². The number of rotatable bonds is 6. The third kappa shape index (κ3) is 4.22. The Morgan fingerprint density at radius 2 is 2.08 bits per heavy atom. The second-order valence-electron chi connectivity index (χ2n) is 7.00. The van der Waals surface area contributed by atoms with E-state index in [2.05, 4.69) is 53.3 Å². The molecule has 7 heteroatoms. The molecule has 0 aliphatic carbocycles. The molecule has 3 rings (SSSR count). The van der Waals surface area contributed by atoms with Gasteiger partial charge in [-0.05, 0) is 23.5 Å². The van der Waals surface area contributed by atoms with Gasteiger partial charge in [0.05, 0.1) is 12.7 Å². The fourth-order valence-electron chi connectivity index (χ4n) is 3.26. The molecule has 2 N–H and O–H groups in total. The van der Waals surface area contributed by atoms with Crippen LogP contribution >= 0.6 is 0 Å². The molecule has 0 bridgehead atoms. The predicted molar refractivity (Wildman–Crippen MR) is 92.8 cm³/mol. The molecule has 1 aliphatic rings. The van der Waals surface area contributed by atoms with Gasteiger partial charge in [0.25, 0.3) is 5.91 Å². The Kier molecular flexibility index (Phi) is 5.13. The number of hydrogen-bond acceptors (Lipinski definition) is 4. The van der Waals surface area contributed by atoms with Crippen molar-refractivity contribution >= 4 is 5.91 Å². The zero-order valence-corrected chi connectivity index (χ0v) is 14.6. The van der Waals surface area contributed by atoms with Gasteiger partial charge in [-0.2, -0.15) is 0 Å². The number of halogens is 1. The minimum atomic E-state index is -0.848. The maximum atomic E-state index is 14.0. The van der Waals surface area contributed by atoms with Crippen LogP contribution < -0.4 is 5.73 Å². The highest BCUT2D eigenvalue weighted by molar-refractivity contribution is 5.90. The van der Waals surface area contributed by atoms with E-state index < -0.39 is 12.1 Å². The van der Waals surface area contributed by atoms with E-state index in [1.165, 1.54) is 17.3 Å². The molecule has 1 aromatic heterocycles. The molecule has 134 valence electrons. The number of hydrogen-bond donors (Lipinski definition) is 1. The lowest BCUT2D eigenvalue weighted by atomic mass is 10.0. The Morgan fingerprint density at radius 1 is 1.36 bits per heavy atom. The molecule has 0 saturated carbocycles. The minimum Gasteiger partial charge on any atom is -0.364 e. The highest BCUT2D eigenvalue weighted by Gasteiger charge is 2.32. The van der Waals surface area contributed by atoms with Crippen LogP contribution in [0, 0.1) is 0 Å². The number of carbonyl (C=O) groups is 1. The molecule has 1 saturated heterocycles. The average molecular weight is 345 g/mol. The summed E-state index contributed by atoms with van der Waals surface area (Å²) in [6.07, 6.45) is 1.12. The van der Waals surface area contributed by atoms with Gasteiger partial charge in [0, 0.05) is 19.1 Å². The molecular weight excluding hydrogens is 321 g/mol. The van der Waals surface area contributed by atoms with Crippen LogP contribution in [0.4, 0.5) is 4.39 Å². The molecule has 0 unspecified atom stereocenters. The van der Waals surface area contributed by atoms with E-state index in [4.69, 9.17) is 5.73 Å². The summed E-state index contributed by atoms with van der Waals surface area (Å²) in [7, 11) is 0. The lowest BCUT2D eigenvalue weighted by Crippen LogP contribution is -2.32. The zero-order chi connectivity index (χ0) is 18.0. The number of likely N-dealkylation sites (tertiary alicyclic amines) is 1. The van der Waals surface area contributed by atoms with E-state index in [1.54, 1.807) is 4.68 Å². The van der Waals surface area contributed by atoms with Crippen molar-refractivity contribution < 1.29 is 9.18 Å². The summed E-state index contributed by atoms with van der Waals surface area (Å²) in [4.78, 5) is 13.2. The van der Waals surface area contributed by atoms with Crippen LogP contribution in [0.5, 0.6) is 0 Å². The van der Waals surface area contributed by atoms with Crippen LogP contribution in [-0.2, 0) is 13.1 Å².